The van der Waals surface area contributed by atoms with Crippen LogP contribution in [-0.4, -0.2) is 17.5 Å². The first-order chi connectivity index (χ1) is 9.22. The zero-order valence-corrected chi connectivity index (χ0v) is 10.6. The second-order valence-corrected chi connectivity index (χ2v) is 3.85. The molecule has 0 saturated carbocycles. The van der Waals surface area contributed by atoms with E-state index in [1.54, 1.807) is 30.5 Å². The van der Waals surface area contributed by atoms with Gasteiger partial charge in [-0.25, -0.2) is 0 Å². The monoisotopic (exact) mass is 257 g/mol. The maximum absolute atomic E-state index is 12.2. The molecule has 1 amide bonds. The van der Waals surface area contributed by atoms with Gasteiger partial charge in [-0.1, -0.05) is 12.1 Å². The van der Waals surface area contributed by atoms with Gasteiger partial charge in [0.25, 0.3) is 5.91 Å². The summed E-state index contributed by atoms with van der Waals surface area (Å²) in [5, 5.41) is 2.74. The molecule has 0 radical (unpaired) electrons. The second-order valence-electron chi connectivity index (χ2n) is 3.85. The van der Waals surface area contributed by atoms with E-state index in [0.29, 0.717) is 29.3 Å². The Morgan fingerprint density at radius 1 is 1.37 bits per heavy atom. The number of nitrogens with two attached hydrogens (primary N) is 1. The van der Waals surface area contributed by atoms with Crippen LogP contribution in [0.5, 0.6) is 5.75 Å². The van der Waals surface area contributed by atoms with Crippen molar-refractivity contribution in [3.05, 3.63) is 48.3 Å². The Balaban J connectivity index is 2.23. The fraction of sp³-hybridized carbons (Fsp3) is 0.143. The number of ether oxygens (including phenoxy) is 1. The summed E-state index contributed by atoms with van der Waals surface area (Å²) in [4.78, 5) is 16.1. The summed E-state index contributed by atoms with van der Waals surface area (Å²) in [6.45, 7) is 2.37. The number of aromatic nitrogens is 1. The summed E-state index contributed by atoms with van der Waals surface area (Å²) in [6.07, 6.45) is 3.06. The summed E-state index contributed by atoms with van der Waals surface area (Å²) in [6, 6.07) is 8.72. The van der Waals surface area contributed by atoms with Crippen LogP contribution in [0.1, 0.15) is 17.3 Å². The zero-order chi connectivity index (χ0) is 13.7. The van der Waals surface area contributed by atoms with Crippen molar-refractivity contribution >= 4 is 17.3 Å². The van der Waals surface area contributed by atoms with Crippen LogP contribution in [0.25, 0.3) is 0 Å². The van der Waals surface area contributed by atoms with Gasteiger partial charge in [0.2, 0.25) is 0 Å². The molecule has 98 valence electrons. The van der Waals surface area contributed by atoms with Crippen molar-refractivity contribution in [1.82, 2.24) is 4.98 Å². The number of nitrogen functional groups attached to an aromatic ring is 1. The molecular formula is C14H15N3O2. The molecule has 19 heavy (non-hydrogen) atoms. The molecule has 1 aromatic heterocycles. The fourth-order valence-electron chi connectivity index (χ4n) is 1.65. The lowest BCUT2D eigenvalue weighted by molar-refractivity contribution is 0.102. The van der Waals surface area contributed by atoms with E-state index in [1.807, 2.05) is 13.0 Å². The number of hydrogen-bond donors (Lipinski definition) is 2. The largest absolute Gasteiger partial charge is 0.493 e. The van der Waals surface area contributed by atoms with Gasteiger partial charge in [-0.15, -0.1) is 0 Å². The van der Waals surface area contributed by atoms with Crippen LogP contribution in [-0.2, 0) is 0 Å². The Hall–Kier alpha value is -2.56. The van der Waals surface area contributed by atoms with Gasteiger partial charge in [-0.3, -0.25) is 9.78 Å². The van der Waals surface area contributed by atoms with E-state index in [4.69, 9.17) is 10.5 Å². The highest BCUT2D eigenvalue weighted by Gasteiger charge is 2.12. The lowest BCUT2D eigenvalue weighted by Crippen LogP contribution is -2.14. The van der Waals surface area contributed by atoms with Gasteiger partial charge < -0.3 is 15.8 Å². The van der Waals surface area contributed by atoms with Crippen molar-refractivity contribution in [3.63, 3.8) is 0 Å². The van der Waals surface area contributed by atoms with Crippen molar-refractivity contribution in [2.24, 2.45) is 0 Å². The predicted octanol–water partition coefficient (Wildman–Crippen LogP) is 2.31. The van der Waals surface area contributed by atoms with Crippen LogP contribution < -0.4 is 15.8 Å². The van der Waals surface area contributed by atoms with E-state index in [2.05, 4.69) is 10.3 Å². The maximum Gasteiger partial charge on any atom is 0.259 e. The molecule has 2 aromatic rings. The molecule has 5 heteroatoms. The van der Waals surface area contributed by atoms with Crippen molar-refractivity contribution in [3.8, 4) is 5.75 Å². The van der Waals surface area contributed by atoms with E-state index in [0.717, 1.165) is 0 Å². The van der Waals surface area contributed by atoms with Crippen LogP contribution in [0.2, 0.25) is 0 Å². The normalized spacial score (nSPS) is 9.95. The number of carbonyl (C=O) groups is 1. The molecule has 0 aliphatic heterocycles. The zero-order valence-electron chi connectivity index (χ0n) is 10.6. The SMILES string of the molecule is CCOc1ccccc1C(=O)Nc1ccncc1N. The predicted molar refractivity (Wildman–Crippen MR) is 74.2 cm³/mol. The van der Waals surface area contributed by atoms with Gasteiger partial charge in [0, 0.05) is 6.20 Å². The van der Waals surface area contributed by atoms with Crippen LogP contribution in [0.4, 0.5) is 11.4 Å². The van der Waals surface area contributed by atoms with E-state index in [1.165, 1.54) is 6.20 Å². The van der Waals surface area contributed by atoms with E-state index >= 15 is 0 Å². The lowest BCUT2D eigenvalue weighted by Gasteiger charge is -2.11. The quantitative estimate of drug-likeness (QED) is 0.881. The third-order valence-corrected chi connectivity index (χ3v) is 2.53. The first-order valence-electron chi connectivity index (χ1n) is 5.95. The van der Waals surface area contributed by atoms with Gasteiger partial charge >= 0.3 is 0 Å². The standard InChI is InChI=1S/C14H15N3O2/c1-2-19-13-6-4-3-5-10(13)14(18)17-12-7-8-16-9-11(12)15/h3-9H,2,15H2,1H3,(H,16,17,18). The topological polar surface area (TPSA) is 77.2 Å². The summed E-state index contributed by atoms with van der Waals surface area (Å²) in [7, 11) is 0. The molecule has 5 nitrogen and oxygen atoms in total. The average Bonchev–Trinajstić information content (AvgIpc) is 2.42. The van der Waals surface area contributed by atoms with E-state index < -0.39 is 0 Å². The van der Waals surface area contributed by atoms with Gasteiger partial charge in [-0.2, -0.15) is 0 Å². The molecule has 0 saturated heterocycles. The number of pyridine rings is 1. The molecule has 0 aliphatic rings. The Bertz CT molecular complexity index is 584. The summed E-state index contributed by atoms with van der Waals surface area (Å²) < 4.78 is 5.42. The minimum atomic E-state index is -0.262. The lowest BCUT2D eigenvalue weighted by atomic mass is 10.2. The number of carbonyl (C=O) groups excluding carboxylic acids is 1. The molecule has 1 aromatic carbocycles. The van der Waals surface area contributed by atoms with E-state index in [9.17, 15) is 4.79 Å². The summed E-state index contributed by atoms with van der Waals surface area (Å²) >= 11 is 0. The molecule has 0 unspecified atom stereocenters. The fourth-order valence-corrected chi connectivity index (χ4v) is 1.65. The number of amides is 1. The number of rotatable bonds is 4. The first kappa shape index (κ1) is 12.9. The van der Waals surface area contributed by atoms with Crippen molar-refractivity contribution < 1.29 is 9.53 Å². The van der Waals surface area contributed by atoms with Crippen molar-refractivity contribution in [2.45, 2.75) is 6.92 Å². The molecule has 0 atom stereocenters. The van der Waals surface area contributed by atoms with Crippen LogP contribution in [0.3, 0.4) is 0 Å². The Kier molecular flexibility index (Phi) is 3.97. The molecular weight excluding hydrogens is 242 g/mol. The Morgan fingerprint density at radius 3 is 2.89 bits per heavy atom. The number of anilines is 2. The Labute approximate surface area is 111 Å². The molecule has 0 spiro atoms. The highest BCUT2D eigenvalue weighted by atomic mass is 16.5. The van der Waals surface area contributed by atoms with E-state index in [-0.39, 0.29) is 5.91 Å². The smallest absolute Gasteiger partial charge is 0.259 e. The average molecular weight is 257 g/mol. The third-order valence-electron chi connectivity index (χ3n) is 2.53. The second kappa shape index (κ2) is 5.86. The van der Waals surface area contributed by atoms with Crippen molar-refractivity contribution in [1.29, 1.82) is 0 Å². The minimum absolute atomic E-state index is 0.262. The molecule has 3 N–H and O–H groups in total. The number of hydrogen-bond acceptors (Lipinski definition) is 4. The van der Waals surface area contributed by atoms with Crippen molar-refractivity contribution in [2.75, 3.05) is 17.7 Å². The third kappa shape index (κ3) is 3.01. The summed E-state index contributed by atoms with van der Waals surface area (Å²) in [5.41, 5.74) is 7.16. The van der Waals surface area contributed by atoms with Crippen LogP contribution in [0.15, 0.2) is 42.7 Å². The van der Waals surface area contributed by atoms with Crippen LogP contribution >= 0.6 is 0 Å². The number of benzene rings is 1. The highest BCUT2D eigenvalue weighted by Crippen LogP contribution is 2.21. The Morgan fingerprint density at radius 2 is 2.16 bits per heavy atom. The van der Waals surface area contributed by atoms with Gasteiger partial charge in [0.1, 0.15) is 5.75 Å². The first-order valence-corrected chi connectivity index (χ1v) is 5.95. The number of nitrogens with one attached hydrogen (secondary N) is 1. The summed E-state index contributed by atoms with van der Waals surface area (Å²) in [5.74, 6) is 0.289. The minimum Gasteiger partial charge on any atom is -0.493 e. The highest BCUT2D eigenvalue weighted by molar-refractivity contribution is 6.07. The maximum atomic E-state index is 12.2. The van der Waals surface area contributed by atoms with Gasteiger partial charge in [0.05, 0.1) is 29.7 Å². The number of nitrogens with zero attached hydrogens (tertiary/aromatic N) is 1. The van der Waals surface area contributed by atoms with Gasteiger partial charge in [-0.05, 0) is 25.1 Å². The van der Waals surface area contributed by atoms with Gasteiger partial charge in [0.15, 0.2) is 0 Å². The number of para-hydroxylation sites is 1. The molecule has 0 bridgehead atoms. The molecule has 2 rings (SSSR count). The molecule has 0 fully saturated rings. The molecule has 0 aliphatic carbocycles. The van der Waals surface area contributed by atoms with Crippen LogP contribution in [0, 0.1) is 0 Å². The molecule has 1 heterocycles.